The van der Waals surface area contributed by atoms with Crippen molar-refractivity contribution < 1.29 is 17.9 Å². The van der Waals surface area contributed by atoms with Crippen LogP contribution >= 0.6 is 11.3 Å². The monoisotopic (exact) mass is 445 g/mol. The van der Waals surface area contributed by atoms with Gasteiger partial charge in [-0.25, -0.2) is 8.42 Å². The van der Waals surface area contributed by atoms with E-state index in [4.69, 9.17) is 4.74 Å². The number of amides is 1. The lowest BCUT2D eigenvalue weighted by Crippen LogP contribution is -2.27. The lowest BCUT2D eigenvalue weighted by Gasteiger charge is -2.15. The van der Waals surface area contributed by atoms with Crippen LogP contribution in [-0.2, 0) is 21.3 Å². The molecule has 1 aliphatic heterocycles. The van der Waals surface area contributed by atoms with E-state index < -0.39 is 15.9 Å². The van der Waals surface area contributed by atoms with Gasteiger partial charge in [0.2, 0.25) is 10.0 Å². The zero-order valence-electron chi connectivity index (χ0n) is 16.7. The predicted molar refractivity (Wildman–Crippen MR) is 116 cm³/mol. The third kappa shape index (κ3) is 4.11. The normalized spacial score (nSPS) is 15.8. The molecule has 1 aliphatic rings. The van der Waals surface area contributed by atoms with Gasteiger partial charge in [0.25, 0.3) is 5.91 Å². The van der Waals surface area contributed by atoms with E-state index in [0.29, 0.717) is 36.6 Å². The molecule has 1 fully saturated rings. The summed E-state index contributed by atoms with van der Waals surface area (Å²) in [6.45, 7) is 2.18. The minimum atomic E-state index is -3.50. The fraction of sp³-hybridized carbons (Fsp3) is 0.333. The fourth-order valence-electron chi connectivity index (χ4n) is 3.50. The maximum Gasteiger partial charge on any atom is 0.279 e. The number of thiazole rings is 1. The molecule has 9 heteroatoms. The van der Waals surface area contributed by atoms with Gasteiger partial charge < -0.3 is 9.30 Å². The first-order valence-corrected chi connectivity index (χ1v) is 12.0. The highest BCUT2D eigenvalue weighted by Crippen LogP contribution is 2.21. The molecule has 2 aromatic carbocycles. The van der Waals surface area contributed by atoms with Crippen molar-refractivity contribution in [3.8, 4) is 0 Å². The number of sulfonamides is 1. The van der Waals surface area contributed by atoms with E-state index in [1.54, 1.807) is 7.11 Å². The average Bonchev–Trinajstić information content (AvgIpc) is 3.41. The van der Waals surface area contributed by atoms with E-state index >= 15 is 0 Å². The first kappa shape index (κ1) is 20.9. The molecule has 4 rings (SSSR count). The molecular weight excluding hydrogens is 422 g/mol. The third-order valence-corrected chi connectivity index (χ3v) is 8.08. The van der Waals surface area contributed by atoms with Gasteiger partial charge in [-0.05, 0) is 49.2 Å². The second-order valence-electron chi connectivity index (χ2n) is 7.05. The number of methoxy groups -OCH3 is 1. The Kier molecular flexibility index (Phi) is 6.14. The molecular formula is C21H23N3O4S2. The van der Waals surface area contributed by atoms with Gasteiger partial charge in [0.05, 0.1) is 21.7 Å². The standard InChI is InChI=1S/C21H23N3O4S2/c1-28-15-14-24-18-6-2-3-7-19(18)29-21(24)22-20(25)16-8-10-17(11-9-16)30(26,27)23-12-4-5-13-23/h2-3,6-11H,4-5,12-15H2,1H3. The maximum atomic E-state index is 12.8. The Morgan fingerprint density at radius 3 is 2.50 bits per heavy atom. The molecule has 1 saturated heterocycles. The Hall–Kier alpha value is -2.33. The second-order valence-corrected chi connectivity index (χ2v) is 10.00. The van der Waals surface area contributed by atoms with E-state index in [-0.39, 0.29) is 4.90 Å². The van der Waals surface area contributed by atoms with Crippen molar-refractivity contribution in [2.45, 2.75) is 24.3 Å². The van der Waals surface area contributed by atoms with Crippen molar-refractivity contribution in [1.29, 1.82) is 0 Å². The minimum absolute atomic E-state index is 0.206. The topological polar surface area (TPSA) is 81.0 Å². The summed E-state index contributed by atoms with van der Waals surface area (Å²) in [6, 6.07) is 13.9. The van der Waals surface area contributed by atoms with Gasteiger partial charge in [-0.1, -0.05) is 23.5 Å². The summed E-state index contributed by atoms with van der Waals surface area (Å²) in [5.74, 6) is -0.405. The van der Waals surface area contributed by atoms with Crippen molar-refractivity contribution >= 4 is 37.5 Å². The average molecular weight is 446 g/mol. The van der Waals surface area contributed by atoms with Gasteiger partial charge in [0.1, 0.15) is 0 Å². The van der Waals surface area contributed by atoms with Crippen LogP contribution in [0.5, 0.6) is 0 Å². The molecule has 0 saturated carbocycles. The van der Waals surface area contributed by atoms with Gasteiger partial charge in [-0.3, -0.25) is 4.79 Å². The van der Waals surface area contributed by atoms with E-state index in [2.05, 4.69) is 4.99 Å². The maximum absolute atomic E-state index is 12.8. The smallest absolute Gasteiger partial charge is 0.279 e. The number of para-hydroxylation sites is 1. The lowest BCUT2D eigenvalue weighted by molar-refractivity contribution is 0.0997. The van der Waals surface area contributed by atoms with Crippen LogP contribution in [0.2, 0.25) is 0 Å². The zero-order valence-corrected chi connectivity index (χ0v) is 18.3. The van der Waals surface area contributed by atoms with Crippen LogP contribution in [0.25, 0.3) is 10.2 Å². The Morgan fingerprint density at radius 2 is 1.80 bits per heavy atom. The summed E-state index contributed by atoms with van der Waals surface area (Å²) in [7, 11) is -1.87. The molecule has 158 valence electrons. The van der Waals surface area contributed by atoms with Gasteiger partial charge in [0.15, 0.2) is 4.80 Å². The Morgan fingerprint density at radius 1 is 1.10 bits per heavy atom. The van der Waals surface area contributed by atoms with Crippen LogP contribution in [0.15, 0.2) is 58.4 Å². The number of hydrogen-bond donors (Lipinski definition) is 0. The molecule has 1 amide bonds. The molecule has 0 spiro atoms. The summed E-state index contributed by atoms with van der Waals surface area (Å²) in [4.78, 5) is 17.9. The van der Waals surface area contributed by atoms with E-state index in [9.17, 15) is 13.2 Å². The number of hydrogen-bond acceptors (Lipinski definition) is 5. The first-order valence-electron chi connectivity index (χ1n) is 9.77. The number of aromatic nitrogens is 1. The van der Waals surface area contributed by atoms with Crippen LogP contribution in [0.4, 0.5) is 0 Å². The largest absolute Gasteiger partial charge is 0.383 e. The molecule has 0 atom stereocenters. The molecule has 0 radical (unpaired) electrons. The third-order valence-electron chi connectivity index (χ3n) is 5.11. The summed E-state index contributed by atoms with van der Waals surface area (Å²) in [5, 5.41) is 0. The van der Waals surface area contributed by atoms with Crippen molar-refractivity contribution in [2.75, 3.05) is 26.8 Å². The van der Waals surface area contributed by atoms with Crippen molar-refractivity contribution in [3.63, 3.8) is 0 Å². The number of carbonyl (C=O) groups is 1. The van der Waals surface area contributed by atoms with Crippen LogP contribution in [-0.4, -0.2) is 50.0 Å². The number of benzene rings is 2. The number of nitrogens with zero attached hydrogens (tertiary/aromatic N) is 3. The first-order chi connectivity index (χ1) is 14.5. The summed E-state index contributed by atoms with van der Waals surface area (Å²) >= 11 is 1.44. The zero-order chi connectivity index (χ0) is 21.1. The van der Waals surface area contributed by atoms with Crippen LogP contribution < -0.4 is 4.80 Å². The van der Waals surface area contributed by atoms with E-state index in [1.165, 1.54) is 39.9 Å². The summed E-state index contributed by atoms with van der Waals surface area (Å²) < 4.78 is 35.0. The van der Waals surface area contributed by atoms with Gasteiger partial charge in [0, 0.05) is 32.3 Å². The number of rotatable bonds is 6. The molecule has 3 aromatic rings. The Balaban J connectivity index is 1.64. The summed E-state index contributed by atoms with van der Waals surface area (Å²) in [6.07, 6.45) is 1.76. The highest BCUT2D eigenvalue weighted by Gasteiger charge is 2.27. The number of ether oxygens (including phenoxy) is 1. The minimum Gasteiger partial charge on any atom is -0.383 e. The van der Waals surface area contributed by atoms with Crippen molar-refractivity contribution in [1.82, 2.24) is 8.87 Å². The van der Waals surface area contributed by atoms with Crippen molar-refractivity contribution in [3.05, 3.63) is 58.9 Å². The Labute approximate surface area is 179 Å². The quantitative estimate of drug-likeness (QED) is 0.584. The number of carbonyl (C=O) groups excluding carboxylic acids is 1. The van der Waals surface area contributed by atoms with Gasteiger partial charge in [-0.15, -0.1) is 0 Å². The molecule has 7 nitrogen and oxygen atoms in total. The predicted octanol–water partition coefficient (Wildman–Crippen LogP) is 2.87. The molecule has 30 heavy (non-hydrogen) atoms. The molecule has 1 aromatic heterocycles. The SMILES string of the molecule is COCCn1c(=NC(=O)c2ccc(S(=O)(=O)N3CCCC3)cc2)sc2ccccc21. The molecule has 0 N–H and O–H groups in total. The highest BCUT2D eigenvalue weighted by molar-refractivity contribution is 7.89. The van der Waals surface area contributed by atoms with Crippen LogP contribution in [0.3, 0.4) is 0 Å². The number of fused-ring (bicyclic) bond motifs is 1. The van der Waals surface area contributed by atoms with Crippen LogP contribution in [0, 0.1) is 0 Å². The van der Waals surface area contributed by atoms with E-state index in [0.717, 1.165) is 23.1 Å². The van der Waals surface area contributed by atoms with Crippen LogP contribution in [0.1, 0.15) is 23.2 Å². The fourth-order valence-corrected chi connectivity index (χ4v) is 6.07. The van der Waals surface area contributed by atoms with E-state index in [1.807, 2.05) is 28.8 Å². The summed E-state index contributed by atoms with van der Waals surface area (Å²) in [5.41, 5.74) is 1.35. The molecule has 0 aliphatic carbocycles. The van der Waals surface area contributed by atoms with Gasteiger partial charge in [-0.2, -0.15) is 9.30 Å². The highest BCUT2D eigenvalue weighted by atomic mass is 32.2. The lowest BCUT2D eigenvalue weighted by atomic mass is 10.2. The molecule has 0 unspecified atom stereocenters. The molecule has 2 heterocycles. The van der Waals surface area contributed by atoms with Crippen molar-refractivity contribution in [2.24, 2.45) is 4.99 Å². The molecule has 0 bridgehead atoms. The second kappa shape index (κ2) is 8.81. The Bertz CT molecular complexity index is 1220. The van der Waals surface area contributed by atoms with Gasteiger partial charge >= 0.3 is 0 Å².